The molecule has 0 N–H and O–H groups in total. The lowest BCUT2D eigenvalue weighted by atomic mass is 10.0. The fraction of sp³-hybridized carbons (Fsp3) is 0.435. The maximum absolute atomic E-state index is 13.7. The van der Waals surface area contributed by atoms with Gasteiger partial charge in [-0.3, -0.25) is 4.79 Å². The monoisotopic (exact) mass is 408 g/mol. The number of amides is 1. The van der Waals surface area contributed by atoms with Crippen LogP contribution in [-0.4, -0.2) is 46.3 Å². The molecule has 7 nitrogen and oxygen atoms in total. The summed E-state index contributed by atoms with van der Waals surface area (Å²) in [5.74, 6) is 1.38. The van der Waals surface area contributed by atoms with E-state index in [-0.39, 0.29) is 18.0 Å². The highest BCUT2D eigenvalue weighted by Gasteiger charge is 2.32. The molecule has 0 radical (unpaired) electrons. The number of aryl methyl sites for hydroxylation is 1. The van der Waals surface area contributed by atoms with E-state index in [0.29, 0.717) is 17.1 Å². The highest BCUT2D eigenvalue weighted by atomic mass is 16.5. The number of methoxy groups -OCH3 is 2. The van der Waals surface area contributed by atoms with Crippen molar-refractivity contribution in [3.05, 3.63) is 47.3 Å². The second kappa shape index (κ2) is 7.97. The molecule has 30 heavy (non-hydrogen) atoms. The molecule has 1 atom stereocenters. The van der Waals surface area contributed by atoms with Gasteiger partial charge in [-0.25, -0.2) is 9.67 Å². The van der Waals surface area contributed by atoms with E-state index in [1.165, 1.54) is 0 Å². The number of fused-ring (bicyclic) bond motifs is 1. The average molecular weight is 409 g/mol. The van der Waals surface area contributed by atoms with Crippen molar-refractivity contribution in [2.45, 2.75) is 45.7 Å². The first-order chi connectivity index (χ1) is 14.4. The van der Waals surface area contributed by atoms with E-state index in [9.17, 15) is 4.79 Å². The lowest BCUT2D eigenvalue weighted by Gasteiger charge is -2.26. The van der Waals surface area contributed by atoms with E-state index in [2.05, 4.69) is 23.9 Å². The van der Waals surface area contributed by atoms with E-state index >= 15 is 0 Å². The molecule has 1 aromatic carbocycles. The van der Waals surface area contributed by atoms with Crippen LogP contribution in [0.25, 0.3) is 11.0 Å². The Morgan fingerprint density at radius 2 is 1.93 bits per heavy atom. The van der Waals surface area contributed by atoms with E-state index in [4.69, 9.17) is 9.47 Å². The van der Waals surface area contributed by atoms with Gasteiger partial charge in [0.1, 0.15) is 0 Å². The molecule has 0 unspecified atom stereocenters. The third kappa shape index (κ3) is 3.38. The van der Waals surface area contributed by atoms with Crippen LogP contribution >= 0.6 is 0 Å². The number of hydrogen-bond acceptors (Lipinski definition) is 5. The Hall–Kier alpha value is -3.09. The van der Waals surface area contributed by atoms with Crippen molar-refractivity contribution in [3.8, 4) is 11.5 Å². The maximum atomic E-state index is 13.7. The Morgan fingerprint density at radius 3 is 2.63 bits per heavy atom. The molecular weight excluding hydrogens is 380 g/mol. The molecule has 2 aromatic heterocycles. The van der Waals surface area contributed by atoms with Crippen molar-refractivity contribution >= 4 is 16.9 Å². The van der Waals surface area contributed by atoms with Crippen LogP contribution in [0.1, 0.15) is 60.4 Å². The maximum Gasteiger partial charge on any atom is 0.255 e. The van der Waals surface area contributed by atoms with Crippen molar-refractivity contribution in [2.24, 2.45) is 0 Å². The van der Waals surface area contributed by atoms with Crippen molar-refractivity contribution in [3.63, 3.8) is 0 Å². The van der Waals surface area contributed by atoms with E-state index < -0.39 is 0 Å². The second-order valence-corrected chi connectivity index (χ2v) is 8.00. The molecule has 7 heteroatoms. The fourth-order valence-corrected chi connectivity index (χ4v) is 4.27. The summed E-state index contributed by atoms with van der Waals surface area (Å²) >= 11 is 0. The molecule has 0 saturated carbocycles. The van der Waals surface area contributed by atoms with E-state index in [1.54, 1.807) is 20.4 Å². The van der Waals surface area contributed by atoms with Gasteiger partial charge in [0.15, 0.2) is 17.1 Å². The summed E-state index contributed by atoms with van der Waals surface area (Å²) in [4.78, 5) is 20.3. The first-order valence-corrected chi connectivity index (χ1v) is 10.3. The van der Waals surface area contributed by atoms with Crippen LogP contribution in [-0.2, 0) is 0 Å². The van der Waals surface area contributed by atoms with Crippen LogP contribution in [0.2, 0.25) is 0 Å². The Morgan fingerprint density at radius 1 is 1.17 bits per heavy atom. The zero-order valence-corrected chi connectivity index (χ0v) is 18.2. The quantitative estimate of drug-likeness (QED) is 0.629. The van der Waals surface area contributed by atoms with Crippen LogP contribution in [0.4, 0.5) is 0 Å². The molecule has 1 saturated heterocycles. The molecule has 1 amide bonds. The molecular formula is C23H28N4O3. The van der Waals surface area contributed by atoms with Crippen LogP contribution in [0.15, 0.2) is 30.5 Å². The number of carbonyl (C=O) groups excluding carboxylic acids is 1. The summed E-state index contributed by atoms with van der Waals surface area (Å²) in [5.41, 5.74) is 3.29. The Kier molecular flexibility index (Phi) is 5.37. The number of carbonyl (C=O) groups is 1. The number of hydrogen-bond donors (Lipinski definition) is 0. The van der Waals surface area contributed by atoms with Gasteiger partial charge in [-0.2, -0.15) is 5.10 Å². The van der Waals surface area contributed by atoms with Crippen molar-refractivity contribution < 1.29 is 14.3 Å². The predicted octanol–water partition coefficient (Wildman–Crippen LogP) is 4.32. The Labute approximate surface area is 176 Å². The highest BCUT2D eigenvalue weighted by Crippen LogP contribution is 2.38. The third-order valence-corrected chi connectivity index (χ3v) is 5.72. The van der Waals surface area contributed by atoms with Gasteiger partial charge in [0.05, 0.1) is 37.4 Å². The highest BCUT2D eigenvalue weighted by molar-refractivity contribution is 6.05. The zero-order chi connectivity index (χ0) is 21.4. The standard InChI is InChI=1S/C23H28N4O3/c1-14(2)27-22-18(13-24-27)17(11-15(3)25-22)23(28)26-10-6-7-19(26)16-8-9-20(29-4)21(12-16)30-5/h8-9,11-14,19H,6-7,10H2,1-5H3/t19-/m1/s1. The normalized spacial score (nSPS) is 16.5. The predicted molar refractivity (Wildman–Crippen MR) is 115 cm³/mol. The summed E-state index contributed by atoms with van der Waals surface area (Å²) in [6.07, 6.45) is 3.64. The van der Waals surface area contributed by atoms with Crippen molar-refractivity contribution in [2.75, 3.05) is 20.8 Å². The summed E-state index contributed by atoms with van der Waals surface area (Å²) in [5, 5.41) is 5.28. The number of rotatable bonds is 5. The Bertz CT molecular complexity index is 1090. The summed E-state index contributed by atoms with van der Waals surface area (Å²) in [7, 11) is 3.25. The minimum atomic E-state index is 0.000899. The minimum absolute atomic E-state index is 0.000899. The molecule has 158 valence electrons. The smallest absolute Gasteiger partial charge is 0.255 e. The van der Waals surface area contributed by atoms with Gasteiger partial charge in [-0.1, -0.05) is 6.07 Å². The molecule has 1 aliphatic heterocycles. The SMILES string of the molecule is COc1ccc([C@H]2CCCN2C(=O)c2cc(C)nc3c2cnn3C(C)C)cc1OC. The van der Waals surface area contributed by atoms with Crippen molar-refractivity contribution in [1.82, 2.24) is 19.7 Å². The average Bonchev–Trinajstić information content (AvgIpc) is 3.39. The molecule has 4 rings (SSSR count). The van der Waals surface area contributed by atoms with Gasteiger partial charge in [0.25, 0.3) is 5.91 Å². The fourth-order valence-electron chi connectivity index (χ4n) is 4.27. The topological polar surface area (TPSA) is 69.5 Å². The molecule has 1 aliphatic rings. The van der Waals surface area contributed by atoms with Gasteiger partial charge >= 0.3 is 0 Å². The zero-order valence-electron chi connectivity index (χ0n) is 18.2. The molecule has 0 aliphatic carbocycles. The minimum Gasteiger partial charge on any atom is -0.493 e. The third-order valence-electron chi connectivity index (χ3n) is 5.72. The molecule has 0 spiro atoms. The number of benzene rings is 1. The van der Waals surface area contributed by atoms with E-state index in [1.807, 2.05) is 40.8 Å². The van der Waals surface area contributed by atoms with Gasteiger partial charge in [0.2, 0.25) is 0 Å². The van der Waals surface area contributed by atoms with Crippen LogP contribution < -0.4 is 9.47 Å². The summed E-state index contributed by atoms with van der Waals surface area (Å²) < 4.78 is 12.7. The second-order valence-electron chi connectivity index (χ2n) is 8.00. The Balaban J connectivity index is 1.73. The first-order valence-electron chi connectivity index (χ1n) is 10.3. The molecule has 3 heterocycles. The van der Waals surface area contributed by atoms with Gasteiger partial charge in [-0.15, -0.1) is 0 Å². The van der Waals surface area contributed by atoms with Crippen LogP contribution in [0.3, 0.4) is 0 Å². The lowest BCUT2D eigenvalue weighted by Crippen LogP contribution is -2.30. The van der Waals surface area contributed by atoms with E-state index in [0.717, 1.165) is 41.7 Å². The van der Waals surface area contributed by atoms with Gasteiger partial charge in [0, 0.05) is 18.3 Å². The summed E-state index contributed by atoms with van der Waals surface area (Å²) in [6.45, 7) is 6.76. The van der Waals surface area contributed by atoms with Crippen LogP contribution in [0, 0.1) is 6.92 Å². The number of nitrogens with zero attached hydrogens (tertiary/aromatic N) is 4. The van der Waals surface area contributed by atoms with Crippen molar-refractivity contribution in [1.29, 1.82) is 0 Å². The molecule has 0 bridgehead atoms. The first kappa shape index (κ1) is 20.2. The largest absolute Gasteiger partial charge is 0.493 e. The number of pyridine rings is 1. The van der Waals surface area contributed by atoms with Crippen LogP contribution in [0.5, 0.6) is 11.5 Å². The number of ether oxygens (including phenoxy) is 2. The molecule has 1 fully saturated rings. The van der Waals surface area contributed by atoms with Gasteiger partial charge in [-0.05, 0) is 57.4 Å². The number of likely N-dealkylation sites (tertiary alicyclic amines) is 1. The molecule has 3 aromatic rings. The lowest BCUT2D eigenvalue weighted by molar-refractivity contribution is 0.0737. The summed E-state index contributed by atoms with van der Waals surface area (Å²) in [6, 6.07) is 7.94. The van der Waals surface area contributed by atoms with Gasteiger partial charge < -0.3 is 14.4 Å². The number of aromatic nitrogens is 3.